The van der Waals surface area contributed by atoms with E-state index in [-0.39, 0.29) is 18.0 Å². The lowest BCUT2D eigenvalue weighted by atomic mass is 9.77. The average molecular weight is 362 g/mol. The molecule has 0 unspecified atom stereocenters. The first-order chi connectivity index (χ1) is 12.1. The summed E-state index contributed by atoms with van der Waals surface area (Å²) in [5.74, 6) is -1.51. The largest absolute Gasteiger partial charge is 0.465 e. The SMILES string of the molecule is CCCCOC(=O)[C@H]1[C@H]2C=C[C@@]3(CN(c4ccc(Cl)cc4)C(=O)[C@@H]13)O2. The van der Waals surface area contributed by atoms with Gasteiger partial charge in [-0.25, -0.2) is 0 Å². The Morgan fingerprint density at radius 2 is 2.16 bits per heavy atom. The monoisotopic (exact) mass is 361 g/mol. The van der Waals surface area contributed by atoms with Gasteiger partial charge in [-0.3, -0.25) is 9.59 Å². The predicted octanol–water partition coefficient (Wildman–Crippen LogP) is 2.97. The molecule has 2 fully saturated rings. The molecule has 0 saturated carbocycles. The number of esters is 1. The van der Waals surface area contributed by atoms with Crippen molar-refractivity contribution >= 4 is 29.2 Å². The van der Waals surface area contributed by atoms with Crippen LogP contribution in [0.1, 0.15) is 19.8 Å². The van der Waals surface area contributed by atoms with Crippen LogP contribution in [0.15, 0.2) is 36.4 Å². The van der Waals surface area contributed by atoms with Crippen molar-refractivity contribution in [2.75, 3.05) is 18.1 Å². The summed E-state index contributed by atoms with van der Waals surface area (Å²) in [6, 6.07) is 7.12. The van der Waals surface area contributed by atoms with E-state index in [4.69, 9.17) is 21.1 Å². The van der Waals surface area contributed by atoms with Gasteiger partial charge >= 0.3 is 5.97 Å². The molecule has 4 atom stereocenters. The molecule has 1 aromatic rings. The molecule has 4 rings (SSSR count). The van der Waals surface area contributed by atoms with Gasteiger partial charge in [-0.05, 0) is 30.7 Å². The van der Waals surface area contributed by atoms with Crippen molar-refractivity contribution in [2.24, 2.45) is 11.8 Å². The molecule has 132 valence electrons. The summed E-state index contributed by atoms with van der Waals surface area (Å²) >= 11 is 5.94. The lowest BCUT2D eigenvalue weighted by Gasteiger charge is -2.22. The lowest BCUT2D eigenvalue weighted by Crippen LogP contribution is -2.40. The van der Waals surface area contributed by atoms with Crippen LogP contribution >= 0.6 is 11.6 Å². The van der Waals surface area contributed by atoms with Crippen molar-refractivity contribution in [3.05, 3.63) is 41.4 Å². The number of nitrogens with zero attached hydrogens (tertiary/aromatic N) is 1. The average Bonchev–Trinajstić information content (AvgIpc) is 3.24. The van der Waals surface area contributed by atoms with Crippen LogP contribution in [-0.4, -0.2) is 36.7 Å². The Labute approximate surface area is 151 Å². The number of fused-ring (bicyclic) bond motifs is 1. The molecule has 1 amide bonds. The topological polar surface area (TPSA) is 55.8 Å². The maximum atomic E-state index is 13.1. The van der Waals surface area contributed by atoms with Crippen LogP contribution in [0.3, 0.4) is 0 Å². The summed E-state index contributed by atoms with van der Waals surface area (Å²) in [5, 5.41) is 0.614. The second-order valence-corrected chi connectivity index (χ2v) is 7.26. The fourth-order valence-electron chi connectivity index (χ4n) is 4.02. The molecule has 25 heavy (non-hydrogen) atoms. The molecular formula is C19H20ClNO4. The van der Waals surface area contributed by atoms with Gasteiger partial charge in [0.2, 0.25) is 5.91 Å². The van der Waals surface area contributed by atoms with E-state index in [2.05, 4.69) is 0 Å². The zero-order valence-electron chi connectivity index (χ0n) is 14.0. The van der Waals surface area contributed by atoms with Crippen molar-refractivity contribution in [1.82, 2.24) is 0 Å². The van der Waals surface area contributed by atoms with E-state index in [0.717, 1.165) is 18.5 Å². The zero-order chi connectivity index (χ0) is 17.6. The molecule has 1 aromatic carbocycles. The molecule has 2 saturated heterocycles. The number of benzene rings is 1. The zero-order valence-corrected chi connectivity index (χ0v) is 14.7. The molecule has 3 heterocycles. The minimum absolute atomic E-state index is 0.0911. The van der Waals surface area contributed by atoms with Crippen LogP contribution in [0.2, 0.25) is 5.02 Å². The van der Waals surface area contributed by atoms with E-state index in [9.17, 15) is 9.59 Å². The van der Waals surface area contributed by atoms with Crippen molar-refractivity contribution in [3.8, 4) is 0 Å². The van der Waals surface area contributed by atoms with Gasteiger partial charge in [0.25, 0.3) is 0 Å². The molecule has 0 radical (unpaired) electrons. The number of unbranched alkanes of at least 4 members (excludes halogenated alkanes) is 1. The van der Waals surface area contributed by atoms with Crippen molar-refractivity contribution < 1.29 is 19.1 Å². The van der Waals surface area contributed by atoms with Crippen LogP contribution in [-0.2, 0) is 19.1 Å². The van der Waals surface area contributed by atoms with Gasteiger partial charge in [0.05, 0.1) is 25.2 Å². The molecule has 0 aromatic heterocycles. The third kappa shape index (κ3) is 2.57. The predicted molar refractivity (Wildman–Crippen MR) is 93.4 cm³/mol. The Bertz CT molecular complexity index is 731. The smallest absolute Gasteiger partial charge is 0.312 e. The number of carbonyl (C=O) groups is 2. The third-order valence-corrected chi connectivity index (χ3v) is 5.50. The molecule has 2 bridgehead atoms. The standard InChI is InChI=1S/C19H20ClNO4/c1-2-3-10-24-18(23)15-14-8-9-19(25-14)11-21(17(22)16(15)19)13-6-4-12(20)5-7-13/h4-9,14-16H,2-3,10-11H2,1H3/t14-,15+,16-,19+/m1/s1. The highest BCUT2D eigenvalue weighted by Crippen LogP contribution is 2.52. The minimum Gasteiger partial charge on any atom is -0.465 e. The van der Waals surface area contributed by atoms with Crippen molar-refractivity contribution in [1.29, 1.82) is 0 Å². The first-order valence-corrected chi connectivity index (χ1v) is 9.04. The highest BCUT2D eigenvalue weighted by atomic mass is 35.5. The minimum atomic E-state index is -0.726. The molecule has 5 nitrogen and oxygen atoms in total. The number of hydrogen-bond donors (Lipinski definition) is 0. The highest BCUT2D eigenvalue weighted by Gasteiger charge is 2.67. The van der Waals surface area contributed by atoms with E-state index < -0.39 is 17.4 Å². The van der Waals surface area contributed by atoms with Gasteiger partial charge in [0.15, 0.2) is 0 Å². The normalized spacial score (nSPS) is 32.3. The number of anilines is 1. The molecule has 0 N–H and O–H groups in total. The summed E-state index contributed by atoms with van der Waals surface area (Å²) in [6.45, 7) is 2.83. The number of hydrogen-bond acceptors (Lipinski definition) is 4. The van der Waals surface area contributed by atoms with Gasteiger partial charge in [-0.15, -0.1) is 0 Å². The van der Waals surface area contributed by atoms with Gasteiger partial charge in [0, 0.05) is 10.7 Å². The fourth-order valence-corrected chi connectivity index (χ4v) is 4.15. The van der Waals surface area contributed by atoms with Crippen LogP contribution < -0.4 is 4.90 Å². The second kappa shape index (κ2) is 6.15. The van der Waals surface area contributed by atoms with Crippen LogP contribution in [0.25, 0.3) is 0 Å². The van der Waals surface area contributed by atoms with Gasteiger partial charge in [0.1, 0.15) is 11.5 Å². The van der Waals surface area contributed by atoms with E-state index in [1.807, 2.05) is 31.2 Å². The number of carbonyl (C=O) groups excluding carboxylic acids is 2. The van der Waals surface area contributed by atoms with Gasteiger partial charge < -0.3 is 14.4 Å². The molecule has 0 aliphatic carbocycles. The fraction of sp³-hybridized carbons (Fsp3) is 0.474. The Morgan fingerprint density at radius 1 is 1.40 bits per heavy atom. The van der Waals surface area contributed by atoms with Crippen LogP contribution in [0.4, 0.5) is 5.69 Å². The summed E-state index contributed by atoms with van der Waals surface area (Å²) in [7, 11) is 0. The van der Waals surface area contributed by atoms with E-state index in [0.29, 0.717) is 18.2 Å². The summed E-state index contributed by atoms with van der Waals surface area (Å²) in [5.41, 5.74) is 0.0345. The third-order valence-electron chi connectivity index (χ3n) is 5.25. The molecular weight excluding hydrogens is 342 g/mol. The Hall–Kier alpha value is -1.85. The first kappa shape index (κ1) is 16.6. The molecule has 3 aliphatic rings. The summed E-state index contributed by atoms with van der Waals surface area (Å²) in [4.78, 5) is 27.3. The van der Waals surface area contributed by atoms with Gasteiger partial charge in [-0.2, -0.15) is 0 Å². The van der Waals surface area contributed by atoms with E-state index in [1.165, 1.54) is 0 Å². The van der Waals surface area contributed by atoms with Crippen molar-refractivity contribution in [3.63, 3.8) is 0 Å². The number of amides is 1. The number of rotatable bonds is 5. The van der Waals surface area contributed by atoms with Crippen LogP contribution in [0, 0.1) is 11.8 Å². The second-order valence-electron chi connectivity index (χ2n) is 6.82. The maximum Gasteiger partial charge on any atom is 0.312 e. The highest BCUT2D eigenvalue weighted by molar-refractivity contribution is 6.30. The van der Waals surface area contributed by atoms with Gasteiger partial charge in [-0.1, -0.05) is 37.1 Å². The Morgan fingerprint density at radius 3 is 2.88 bits per heavy atom. The van der Waals surface area contributed by atoms with Crippen LogP contribution in [0.5, 0.6) is 0 Å². The number of halogens is 1. The quantitative estimate of drug-likeness (QED) is 0.459. The van der Waals surface area contributed by atoms with E-state index in [1.54, 1.807) is 17.0 Å². The lowest BCUT2D eigenvalue weighted by molar-refractivity contribution is -0.152. The van der Waals surface area contributed by atoms with Crippen molar-refractivity contribution in [2.45, 2.75) is 31.5 Å². The van der Waals surface area contributed by atoms with E-state index >= 15 is 0 Å². The molecule has 1 spiro atoms. The summed E-state index contributed by atoms with van der Waals surface area (Å²) in [6.07, 6.45) is 5.23. The first-order valence-electron chi connectivity index (χ1n) is 8.66. The molecule has 3 aliphatic heterocycles. The Kier molecular flexibility index (Phi) is 4.08. The Balaban J connectivity index is 1.59. The molecule has 6 heteroatoms. The summed E-state index contributed by atoms with van der Waals surface area (Å²) < 4.78 is 11.5. The maximum absolute atomic E-state index is 13.1. The number of ether oxygens (including phenoxy) is 2.